The van der Waals surface area contributed by atoms with Gasteiger partial charge in [-0.1, -0.05) is 153 Å². The number of hydrogen-bond donors (Lipinski definition) is 12. The van der Waals surface area contributed by atoms with Crippen LogP contribution in [0.1, 0.15) is 197 Å². The lowest BCUT2D eigenvalue weighted by atomic mass is 9.45. The average Bonchev–Trinajstić information content (AvgIpc) is 1.70. The molecule has 12 fully saturated rings. The number of hydroxylamine groups is 6. The Morgan fingerprint density at radius 2 is 0.634 bits per heavy atom. The largest absolute Gasteiger partial charge is 0.478 e. The maximum absolute atomic E-state index is 13.9. The standard InChI is InChI=1S/2C34H47N3O5.C31H40N2O6/c2*1-19(2)35-32(40)25-12-8-11-24(14-25)23-10-7-9-22(13-23)17-37-31(30(21(4)39)29(18-38)42-37)33(41)36-28-16-26-15-27(20(28)3)34(26,5)6;1-17-24-13-23(31(24,3)4)14-25(17)32-29(36)28-27(18(2)35)26(16-34)39-33(28)15-19-7-5-8-20(11-19)21-9-6-10-22(12-21)30(37)38/h2*7-14,19-21,26-31,38-39H,15-18H2,1-6H3,(H,35,40)(H,36,41);5-12,17-18,23-28,34-35H,13-16H2,1-4H3,(H,32,36)(H,37,38)/t2*20-,21-,26+,27-,28-,29-,30+,31-;17-,18-,23+,24-,25-,26-,27+,28-/m000/s1. The fourth-order valence-corrected chi connectivity index (χ4v) is 22.7. The van der Waals surface area contributed by atoms with Crippen LogP contribution >= 0.6 is 0 Å². The quantitative estimate of drug-likeness (QED) is 0.0240. The molecule has 9 saturated carbocycles. The molecule has 0 radical (unpaired) electrons. The third-order valence-electron chi connectivity index (χ3n) is 30.2. The summed E-state index contributed by atoms with van der Waals surface area (Å²) in [7, 11) is 0. The molecule has 12 aliphatic rings. The van der Waals surface area contributed by atoms with Crippen LogP contribution in [0.25, 0.3) is 33.4 Å². The molecule has 5 amide bonds. The summed E-state index contributed by atoms with van der Waals surface area (Å²) in [5.74, 6) is 1.24. The van der Waals surface area contributed by atoms with Crippen LogP contribution < -0.4 is 26.6 Å². The van der Waals surface area contributed by atoms with Crippen molar-refractivity contribution in [2.75, 3.05) is 19.8 Å². The minimum atomic E-state index is -0.986. The van der Waals surface area contributed by atoms with Crippen molar-refractivity contribution < 1.29 is 79.0 Å². The number of hydrogen-bond acceptors (Lipinski definition) is 18. The van der Waals surface area contributed by atoms with E-state index in [9.17, 15) is 64.5 Å². The first-order valence-corrected chi connectivity index (χ1v) is 44.8. The Balaban J connectivity index is 0.000000159. The van der Waals surface area contributed by atoms with Crippen LogP contribution in [-0.4, -0.2) is 191 Å². The SMILES string of the molecule is CC(C)NC(=O)c1cccc(-c2cccc(CN3O[C@@H](CO)[C@@H]([C@H](C)O)[C@H]3C(=O)N[C@H]3C[C@H]4C[C@@H]([C@@H]3C)C4(C)C)c2)c1.CC(C)NC(=O)c1cccc(-c2cccc(CN3O[C@@H](CO)[C@@H]([C@H](C)O)[C@H]3C(=O)N[C@H]3C[C@H]4C[C@@H]([C@@H]3C)C4(C)C)c2)c1.C[C@@H]1[C@@H](NC(=O)[C@@H]2[C@H]([C@H](C)O)[C@H](CO)ON2Cc2cccc(-c3cccc(C(=O)O)c3)c2)C[C@H]2C[C@@H]1C2(C)C. The lowest BCUT2D eigenvalue weighted by molar-refractivity contribution is -0.183. The van der Waals surface area contributed by atoms with Crippen molar-refractivity contribution in [1.29, 1.82) is 0 Å². The first-order valence-electron chi connectivity index (χ1n) is 44.8. The molecule has 0 spiro atoms. The third-order valence-corrected chi connectivity index (χ3v) is 30.2. The molecule has 123 heavy (non-hydrogen) atoms. The predicted octanol–water partition coefficient (Wildman–Crippen LogP) is 12.0. The molecule has 0 aromatic heterocycles. The Kier molecular flexibility index (Phi) is 28.6. The van der Waals surface area contributed by atoms with Crippen molar-refractivity contribution in [1.82, 2.24) is 41.8 Å². The number of amides is 5. The highest BCUT2D eigenvalue weighted by molar-refractivity contribution is 5.96. The van der Waals surface area contributed by atoms with E-state index in [1.54, 1.807) is 66.3 Å². The Labute approximate surface area is 725 Å². The number of fused-ring (bicyclic) bond motifs is 6. The molecule has 24 heteroatoms. The smallest absolute Gasteiger partial charge is 0.335 e. The number of aliphatic hydroxyl groups is 6. The van der Waals surface area contributed by atoms with Gasteiger partial charge in [-0.05, 0) is 261 Å². The summed E-state index contributed by atoms with van der Waals surface area (Å²) in [6, 6.07) is 43.4. The Morgan fingerprint density at radius 3 is 0.870 bits per heavy atom. The van der Waals surface area contributed by atoms with Crippen LogP contribution in [0.15, 0.2) is 146 Å². The van der Waals surface area contributed by atoms with Crippen LogP contribution in [0.2, 0.25) is 0 Å². The summed E-state index contributed by atoms with van der Waals surface area (Å²) in [6.07, 6.45) is 1.93. The first-order chi connectivity index (χ1) is 58.3. The molecule has 0 unspecified atom stereocenters. The number of carboxylic acid groups (broad SMARTS) is 1. The third kappa shape index (κ3) is 19.5. The van der Waals surface area contributed by atoms with Gasteiger partial charge in [0.15, 0.2) is 0 Å². The highest BCUT2D eigenvalue weighted by Gasteiger charge is 2.61. The van der Waals surface area contributed by atoms with E-state index >= 15 is 0 Å². The van der Waals surface area contributed by atoms with E-state index in [4.69, 9.17) is 14.5 Å². The van der Waals surface area contributed by atoms with Gasteiger partial charge in [0.05, 0.1) is 63.3 Å². The number of aliphatic hydroxyl groups excluding tert-OH is 6. The molecule has 666 valence electrons. The van der Waals surface area contributed by atoms with Gasteiger partial charge in [0.2, 0.25) is 17.7 Å². The molecule has 6 bridgehead atoms. The number of benzene rings is 6. The summed E-state index contributed by atoms with van der Waals surface area (Å²) in [6.45, 7) is 33.4. The molecule has 24 nitrogen and oxygen atoms in total. The van der Waals surface area contributed by atoms with E-state index < -0.39 is 78.5 Å². The van der Waals surface area contributed by atoms with Gasteiger partial charge in [-0.15, -0.1) is 0 Å². The molecular formula is C99H134N8O16. The molecule has 3 heterocycles. The fourth-order valence-electron chi connectivity index (χ4n) is 22.7. The van der Waals surface area contributed by atoms with Crippen molar-refractivity contribution in [2.45, 2.75) is 254 Å². The highest BCUT2D eigenvalue weighted by atomic mass is 16.7. The number of aromatic carboxylic acids is 1. The van der Waals surface area contributed by atoms with E-state index in [1.165, 1.54) is 19.3 Å². The summed E-state index contributed by atoms with van der Waals surface area (Å²) in [5, 5.41) is 92.5. The molecular weight excluding hydrogens is 1560 g/mol. The van der Waals surface area contributed by atoms with E-state index in [0.717, 1.165) is 69.3 Å². The number of carboxylic acids is 1. The van der Waals surface area contributed by atoms with Gasteiger partial charge in [0, 0.05) is 59.1 Å². The molecule has 6 aromatic carbocycles. The summed E-state index contributed by atoms with van der Waals surface area (Å²) >= 11 is 0. The molecule has 6 aromatic rings. The zero-order valence-corrected chi connectivity index (χ0v) is 74.5. The summed E-state index contributed by atoms with van der Waals surface area (Å²) in [4.78, 5) is 96.6. The maximum Gasteiger partial charge on any atom is 0.335 e. The normalized spacial score (nSPS) is 31.4. The maximum atomic E-state index is 13.9. The summed E-state index contributed by atoms with van der Waals surface area (Å²) < 4.78 is 0. The van der Waals surface area contributed by atoms with Gasteiger partial charge in [-0.25, -0.2) is 4.79 Å². The molecule has 3 saturated heterocycles. The molecule has 3 aliphatic heterocycles. The number of nitrogens with zero attached hydrogens (tertiary/aromatic N) is 3. The van der Waals surface area contributed by atoms with Crippen molar-refractivity contribution >= 4 is 35.5 Å². The molecule has 24 atom stereocenters. The van der Waals surface area contributed by atoms with Crippen LogP contribution in [0.3, 0.4) is 0 Å². The monoisotopic (exact) mass is 1690 g/mol. The van der Waals surface area contributed by atoms with Gasteiger partial charge in [0.25, 0.3) is 11.8 Å². The number of carbonyl (C=O) groups excluding carboxylic acids is 5. The van der Waals surface area contributed by atoms with Crippen LogP contribution in [0.5, 0.6) is 0 Å². The number of rotatable bonds is 26. The van der Waals surface area contributed by atoms with Crippen molar-refractivity contribution in [3.05, 3.63) is 179 Å². The zero-order valence-electron chi connectivity index (χ0n) is 74.5. The second-order valence-electron chi connectivity index (χ2n) is 39.6. The van der Waals surface area contributed by atoms with E-state index in [2.05, 4.69) is 88.9 Å². The van der Waals surface area contributed by atoms with Crippen molar-refractivity contribution in [3.8, 4) is 33.4 Å². The van der Waals surface area contributed by atoms with Gasteiger partial charge in [0.1, 0.15) is 36.4 Å². The second-order valence-corrected chi connectivity index (χ2v) is 39.6. The Morgan fingerprint density at radius 1 is 0.382 bits per heavy atom. The number of nitrogens with one attached hydrogen (secondary N) is 5. The fraction of sp³-hybridized carbons (Fsp3) is 0.576. The molecule has 18 rings (SSSR count). The van der Waals surface area contributed by atoms with E-state index in [1.807, 2.05) is 143 Å². The van der Waals surface area contributed by atoms with E-state index in [0.29, 0.717) is 93.7 Å². The lowest BCUT2D eigenvalue weighted by Crippen LogP contribution is -2.62. The Hall–Kier alpha value is -8.34. The summed E-state index contributed by atoms with van der Waals surface area (Å²) in [5.41, 5.74) is 10.4. The molecule has 12 N–H and O–H groups in total. The zero-order chi connectivity index (χ0) is 88.7. The highest BCUT2D eigenvalue weighted by Crippen LogP contribution is 2.64. The van der Waals surface area contributed by atoms with Crippen LogP contribution in [-0.2, 0) is 48.5 Å². The van der Waals surface area contributed by atoms with Crippen LogP contribution in [0, 0.1) is 87.3 Å². The lowest BCUT2D eigenvalue weighted by Gasteiger charge is -2.62. The minimum Gasteiger partial charge on any atom is -0.478 e. The van der Waals surface area contributed by atoms with Gasteiger partial charge >= 0.3 is 5.97 Å². The van der Waals surface area contributed by atoms with Gasteiger partial charge < -0.3 is 62.3 Å². The van der Waals surface area contributed by atoms with Crippen molar-refractivity contribution in [3.63, 3.8) is 0 Å². The first kappa shape index (κ1) is 92.3. The van der Waals surface area contributed by atoms with Crippen molar-refractivity contribution in [2.24, 2.45) is 87.3 Å². The van der Waals surface area contributed by atoms with Gasteiger partial charge in [-0.3, -0.25) is 38.5 Å². The molecule has 9 aliphatic carbocycles. The predicted molar refractivity (Wildman–Crippen MR) is 470 cm³/mol. The Bertz CT molecular complexity index is 4540. The van der Waals surface area contributed by atoms with Crippen LogP contribution in [0.4, 0.5) is 0 Å². The topological polar surface area (TPSA) is 342 Å². The minimum absolute atomic E-state index is 0.0437. The van der Waals surface area contributed by atoms with Gasteiger partial charge in [-0.2, -0.15) is 15.2 Å². The van der Waals surface area contributed by atoms with E-state index in [-0.39, 0.29) is 91.7 Å². The second kappa shape index (κ2) is 38.1. The average molecular weight is 1690 g/mol. The number of carbonyl (C=O) groups is 6.